The molecule has 1 heterocycles. The van der Waals surface area contributed by atoms with E-state index >= 15 is 0 Å². The van der Waals surface area contributed by atoms with Crippen LogP contribution in [0.2, 0.25) is 0 Å². The number of piperidine rings is 1. The summed E-state index contributed by atoms with van der Waals surface area (Å²) in [5, 5.41) is 9.45. The Morgan fingerprint density at radius 1 is 1.27 bits per heavy atom. The lowest BCUT2D eigenvalue weighted by Gasteiger charge is -2.34. The summed E-state index contributed by atoms with van der Waals surface area (Å²) < 4.78 is 0. The second-order valence-corrected chi connectivity index (χ2v) is 6.63. The first-order chi connectivity index (χ1) is 10.6. The van der Waals surface area contributed by atoms with Crippen LogP contribution in [0.3, 0.4) is 0 Å². The van der Waals surface area contributed by atoms with Crippen LogP contribution in [0, 0.1) is 5.92 Å². The van der Waals surface area contributed by atoms with Gasteiger partial charge in [-0.25, -0.2) is 0 Å². The average molecular weight is 302 g/mol. The lowest BCUT2D eigenvalue weighted by molar-refractivity contribution is 0.0936. The molecule has 0 amide bonds. The topological polar surface area (TPSA) is 26.7 Å². The van der Waals surface area contributed by atoms with Gasteiger partial charge in [-0.3, -0.25) is 0 Å². The maximum Gasteiger partial charge on any atom is 0.0639 e. The van der Waals surface area contributed by atoms with E-state index in [9.17, 15) is 5.11 Å². The molecule has 3 heteroatoms. The van der Waals surface area contributed by atoms with Gasteiger partial charge in [-0.05, 0) is 51.4 Å². The number of aliphatic hydroxyl groups is 1. The Labute approximate surface area is 135 Å². The van der Waals surface area contributed by atoms with Gasteiger partial charge in [0.2, 0.25) is 0 Å². The van der Waals surface area contributed by atoms with Crippen molar-refractivity contribution >= 4 is 6.08 Å². The summed E-state index contributed by atoms with van der Waals surface area (Å²) in [4.78, 5) is 4.80. The number of hydrogen-bond acceptors (Lipinski definition) is 3. The minimum Gasteiger partial charge on any atom is -0.392 e. The molecule has 0 bridgehead atoms. The van der Waals surface area contributed by atoms with Crippen LogP contribution < -0.4 is 0 Å². The molecule has 1 aromatic carbocycles. The van der Waals surface area contributed by atoms with E-state index in [-0.39, 0.29) is 6.10 Å². The number of aliphatic hydroxyl groups excluding tert-OH is 1. The van der Waals surface area contributed by atoms with Crippen LogP contribution in [0.4, 0.5) is 0 Å². The molecule has 0 aromatic heterocycles. The average Bonchev–Trinajstić information content (AvgIpc) is 2.50. The molecule has 3 nitrogen and oxygen atoms in total. The molecule has 1 fully saturated rings. The monoisotopic (exact) mass is 302 g/mol. The van der Waals surface area contributed by atoms with Crippen LogP contribution in [-0.4, -0.2) is 60.8 Å². The zero-order chi connectivity index (χ0) is 15.8. The lowest BCUT2D eigenvalue weighted by atomic mass is 9.96. The Morgan fingerprint density at radius 3 is 2.59 bits per heavy atom. The van der Waals surface area contributed by atoms with E-state index in [0.717, 1.165) is 32.1 Å². The molecule has 1 atom stereocenters. The summed E-state index contributed by atoms with van der Waals surface area (Å²) in [7, 11) is 2.21. The highest BCUT2D eigenvalue weighted by Gasteiger charge is 2.20. The second-order valence-electron chi connectivity index (χ2n) is 6.63. The minimum atomic E-state index is -0.206. The van der Waals surface area contributed by atoms with Gasteiger partial charge in [0.1, 0.15) is 0 Å². The largest absolute Gasteiger partial charge is 0.392 e. The highest BCUT2D eigenvalue weighted by Crippen LogP contribution is 2.18. The number of likely N-dealkylation sites (tertiary alicyclic amines) is 1. The van der Waals surface area contributed by atoms with Gasteiger partial charge in [0.25, 0.3) is 0 Å². The zero-order valence-electron chi connectivity index (χ0n) is 14.0. The molecule has 1 aromatic rings. The number of β-amino-alcohol motifs (C(OH)–C–C–N with tert-alkyl or cyclic N) is 1. The molecule has 1 aliphatic heterocycles. The van der Waals surface area contributed by atoms with Crippen molar-refractivity contribution in [2.75, 3.05) is 39.8 Å². The van der Waals surface area contributed by atoms with E-state index in [1.54, 1.807) is 0 Å². The molecule has 122 valence electrons. The highest BCUT2D eigenvalue weighted by atomic mass is 16.3. The van der Waals surface area contributed by atoms with Crippen molar-refractivity contribution in [1.29, 1.82) is 0 Å². The predicted octanol–water partition coefficient (Wildman–Crippen LogP) is 2.72. The fourth-order valence-electron chi connectivity index (χ4n) is 3.17. The van der Waals surface area contributed by atoms with Gasteiger partial charge >= 0.3 is 0 Å². The third-order valence-corrected chi connectivity index (χ3v) is 4.33. The van der Waals surface area contributed by atoms with E-state index in [2.05, 4.69) is 53.3 Å². The van der Waals surface area contributed by atoms with E-state index in [0.29, 0.717) is 0 Å². The number of benzene rings is 1. The minimum absolute atomic E-state index is 0.206. The standard InChI is InChI=1S/C19H30N2O/c1-17(22)15-21-13-10-19(11-14-21)16-20(2)12-6-9-18-7-4-3-5-8-18/h3-9,17,19,22H,10-16H2,1-2H3/b9-6+. The smallest absolute Gasteiger partial charge is 0.0639 e. The summed E-state index contributed by atoms with van der Waals surface area (Å²) in [6, 6.07) is 10.5. The van der Waals surface area contributed by atoms with Gasteiger partial charge in [0.05, 0.1) is 6.10 Å². The second kappa shape index (κ2) is 9.09. The summed E-state index contributed by atoms with van der Waals surface area (Å²) >= 11 is 0. The first-order valence-electron chi connectivity index (χ1n) is 8.44. The van der Waals surface area contributed by atoms with Crippen molar-refractivity contribution < 1.29 is 5.11 Å². The van der Waals surface area contributed by atoms with Gasteiger partial charge in [0, 0.05) is 19.6 Å². The Morgan fingerprint density at radius 2 is 1.95 bits per heavy atom. The van der Waals surface area contributed by atoms with Crippen LogP contribution in [-0.2, 0) is 0 Å². The van der Waals surface area contributed by atoms with Gasteiger partial charge in [-0.15, -0.1) is 0 Å². The van der Waals surface area contributed by atoms with Crippen molar-refractivity contribution in [1.82, 2.24) is 9.80 Å². The summed E-state index contributed by atoms with van der Waals surface area (Å²) in [5.41, 5.74) is 1.27. The number of hydrogen-bond donors (Lipinski definition) is 1. The molecule has 0 radical (unpaired) electrons. The normalized spacial score (nSPS) is 19.1. The van der Waals surface area contributed by atoms with Crippen LogP contribution in [0.25, 0.3) is 6.08 Å². The molecule has 1 saturated heterocycles. The Hall–Kier alpha value is -1.16. The van der Waals surface area contributed by atoms with Gasteiger partial charge in [-0.2, -0.15) is 0 Å². The number of nitrogens with zero attached hydrogens (tertiary/aromatic N) is 2. The van der Waals surface area contributed by atoms with E-state index in [1.807, 2.05) is 13.0 Å². The third kappa shape index (κ3) is 6.30. The maximum absolute atomic E-state index is 9.45. The van der Waals surface area contributed by atoms with E-state index < -0.39 is 0 Å². The molecule has 1 unspecified atom stereocenters. The van der Waals surface area contributed by atoms with Crippen molar-refractivity contribution in [3.05, 3.63) is 42.0 Å². The molecule has 2 rings (SSSR count). The third-order valence-electron chi connectivity index (χ3n) is 4.33. The van der Waals surface area contributed by atoms with Gasteiger partial charge in [0.15, 0.2) is 0 Å². The quantitative estimate of drug-likeness (QED) is 0.839. The molecule has 0 aliphatic carbocycles. The zero-order valence-corrected chi connectivity index (χ0v) is 14.0. The van der Waals surface area contributed by atoms with Gasteiger partial charge < -0.3 is 14.9 Å². The summed E-state index contributed by atoms with van der Waals surface area (Å²) in [5.74, 6) is 0.792. The lowest BCUT2D eigenvalue weighted by Crippen LogP contribution is -2.40. The summed E-state index contributed by atoms with van der Waals surface area (Å²) in [6.45, 7) is 7.12. The molecular weight excluding hydrogens is 272 g/mol. The maximum atomic E-state index is 9.45. The fraction of sp³-hybridized carbons (Fsp3) is 0.579. The van der Waals surface area contributed by atoms with Crippen LogP contribution in [0.5, 0.6) is 0 Å². The molecular formula is C19H30N2O. The van der Waals surface area contributed by atoms with Crippen LogP contribution in [0.15, 0.2) is 36.4 Å². The molecule has 0 saturated carbocycles. The predicted molar refractivity (Wildman–Crippen MR) is 93.8 cm³/mol. The Kier molecular flexibility index (Phi) is 7.10. The van der Waals surface area contributed by atoms with E-state index in [1.165, 1.54) is 24.9 Å². The SMILES string of the molecule is CC(O)CN1CCC(CN(C)C/C=C/c2ccccc2)CC1. The number of rotatable bonds is 7. The van der Waals surface area contributed by atoms with Crippen LogP contribution >= 0.6 is 0 Å². The van der Waals surface area contributed by atoms with Crippen molar-refractivity contribution in [3.8, 4) is 0 Å². The molecule has 22 heavy (non-hydrogen) atoms. The van der Waals surface area contributed by atoms with Crippen molar-refractivity contribution in [2.24, 2.45) is 5.92 Å². The summed E-state index contributed by atoms with van der Waals surface area (Å²) in [6.07, 6.45) is 6.74. The molecule has 0 spiro atoms. The first kappa shape index (κ1) is 17.2. The van der Waals surface area contributed by atoms with Gasteiger partial charge in [-0.1, -0.05) is 42.5 Å². The molecule has 1 aliphatic rings. The van der Waals surface area contributed by atoms with Crippen molar-refractivity contribution in [2.45, 2.75) is 25.9 Å². The van der Waals surface area contributed by atoms with Crippen molar-refractivity contribution in [3.63, 3.8) is 0 Å². The Balaban J connectivity index is 1.65. The highest BCUT2D eigenvalue weighted by molar-refractivity contribution is 5.48. The Bertz CT molecular complexity index is 436. The first-order valence-corrected chi connectivity index (χ1v) is 8.44. The number of likely N-dealkylation sites (N-methyl/N-ethyl adjacent to an activating group) is 1. The molecule has 1 N–H and O–H groups in total. The van der Waals surface area contributed by atoms with Crippen LogP contribution in [0.1, 0.15) is 25.3 Å². The van der Waals surface area contributed by atoms with E-state index in [4.69, 9.17) is 0 Å². The fourth-order valence-corrected chi connectivity index (χ4v) is 3.17.